The molecule has 5 heteroatoms. The topological polar surface area (TPSA) is 32.3 Å². The van der Waals surface area contributed by atoms with Gasteiger partial charge in [0.25, 0.3) is 5.91 Å². The Labute approximate surface area is 167 Å². The molecule has 1 aliphatic rings. The first-order valence-corrected chi connectivity index (χ1v) is 9.68. The third-order valence-electron chi connectivity index (χ3n) is 4.08. The van der Waals surface area contributed by atoms with Crippen molar-refractivity contribution in [3.63, 3.8) is 0 Å². The van der Waals surface area contributed by atoms with Crippen molar-refractivity contribution < 1.29 is 4.79 Å². The van der Waals surface area contributed by atoms with E-state index in [2.05, 4.69) is 5.32 Å². The van der Waals surface area contributed by atoms with Crippen LogP contribution in [0.1, 0.15) is 5.56 Å². The van der Waals surface area contributed by atoms with E-state index in [1.54, 1.807) is 4.90 Å². The zero-order chi connectivity index (χ0) is 18.6. The fourth-order valence-corrected chi connectivity index (χ4v) is 4.07. The minimum absolute atomic E-state index is 0.0855. The summed E-state index contributed by atoms with van der Waals surface area (Å²) in [6.07, 6.45) is 1.88. The first-order chi connectivity index (χ1) is 13.2. The van der Waals surface area contributed by atoms with E-state index in [9.17, 15) is 4.79 Å². The quantitative estimate of drug-likeness (QED) is 0.450. The summed E-state index contributed by atoms with van der Waals surface area (Å²) >= 11 is 6.77. The number of nitrogens with one attached hydrogen (secondary N) is 1. The Kier molecular flexibility index (Phi) is 5.05. The number of benzene rings is 3. The number of carbonyl (C=O) groups excluding carboxylic acids is 1. The molecule has 3 aromatic carbocycles. The van der Waals surface area contributed by atoms with Gasteiger partial charge in [-0.3, -0.25) is 9.69 Å². The second kappa shape index (κ2) is 7.78. The number of carbonyl (C=O) groups is 1. The monoisotopic (exact) mass is 388 g/mol. The molecule has 1 saturated heterocycles. The summed E-state index contributed by atoms with van der Waals surface area (Å²) in [5.41, 5.74) is 3.73. The van der Waals surface area contributed by atoms with Crippen LogP contribution in [0.3, 0.4) is 0 Å². The van der Waals surface area contributed by atoms with Crippen LogP contribution < -0.4 is 10.2 Å². The summed E-state index contributed by atoms with van der Waals surface area (Å²) in [4.78, 5) is 15.1. The first kappa shape index (κ1) is 17.5. The van der Waals surface area contributed by atoms with E-state index in [0.717, 1.165) is 22.6 Å². The lowest BCUT2D eigenvalue weighted by atomic mass is 10.2. The molecular weight excluding hydrogens is 372 g/mol. The zero-order valence-electron chi connectivity index (χ0n) is 14.3. The second-order valence-electron chi connectivity index (χ2n) is 5.97. The van der Waals surface area contributed by atoms with Crippen molar-refractivity contribution in [2.24, 2.45) is 0 Å². The van der Waals surface area contributed by atoms with Crippen molar-refractivity contribution in [3.8, 4) is 0 Å². The van der Waals surface area contributed by atoms with Crippen molar-refractivity contribution >= 4 is 57.3 Å². The third-order valence-corrected chi connectivity index (χ3v) is 5.38. The summed E-state index contributed by atoms with van der Waals surface area (Å²) < 4.78 is 0.547. The minimum atomic E-state index is -0.0855. The molecule has 0 atom stereocenters. The Morgan fingerprint density at radius 2 is 1.41 bits per heavy atom. The largest absolute Gasteiger partial charge is 0.356 e. The van der Waals surface area contributed by atoms with Crippen molar-refractivity contribution in [3.05, 3.63) is 95.4 Å². The van der Waals surface area contributed by atoms with E-state index < -0.39 is 0 Å². The predicted octanol–water partition coefficient (Wildman–Crippen LogP) is 5.84. The van der Waals surface area contributed by atoms with E-state index >= 15 is 0 Å². The Hall–Kier alpha value is -2.89. The lowest BCUT2D eigenvalue weighted by molar-refractivity contribution is -0.113. The number of anilines is 3. The number of amides is 1. The van der Waals surface area contributed by atoms with Crippen molar-refractivity contribution in [1.82, 2.24) is 0 Å². The van der Waals surface area contributed by atoms with Crippen LogP contribution in [0.4, 0.5) is 17.1 Å². The molecule has 1 aliphatic heterocycles. The SMILES string of the molecule is O=C1/C(=C/c2ccccc2)SC(=S)N1c1ccc(Nc2ccccc2)cc1. The molecule has 3 aromatic rings. The average molecular weight is 389 g/mol. The van der Waals surface area contributed by atoms with Crippen LogP contribution >= 0.6 is 24.0 Å². The molecule has 0 aliphatic carbocycles. The molecule has 0 saturated carbocycles. The zero-order valence-corrected chi connectivity index (χ0v) is 16.0. The summed E-state index contributed by atoms with van der Waals surface area (Å²) in [7, 11) is 0. The normalized spacial score (nSPS) is 15.4. The highest BCUT2D eigenvalue weighted by Gasteiger charge is 2.33. The molecule has 3 nitrogen and oxygen atoms in total. The van der Waals surface area contributed by atoms with Crippen LogP contribution in [0, 0.1) is 0 Å². The molecule has 27 heavy (non-hydrogen) atoms. The highest BCUT2D eigenvalue weighted by Crippen LogP contribution is 2.36. The molecule has 0 unspecified atom stereocenters. The molecule has 0 bridgehead atoms. The number of rotatable bonds is 4. The molecule has 0 radical (unpaired) electrons. The summed E-state index contributed by atoms with van der Waals surface area (Å²) in [5, 5.41) is 3.33. The number of hydrogen-bond acceptors (Lipinski definition) is 4. The number of para-hydroxylation sites is 1. The van der Waals surface area contributed by atoms with E-state index in [1.165, 1.54) is 11.8 Å². The van der Waals surface area contributed by atoms with Gasteiger partial charge in [-0.2, -0.15) is 0 Å². The fourth-order valence-electron chi connectivity index (χ4n) is 2.77. The van der Waals surface area contributed by atoms with Gasteiger partial charge in [0.1, 0.15) is 0 Å². The van der Waals surface area contributed by atoms with Gasteiger partial charge in [-0.05, 0) is 48.0 Å². The van der Waals surface area contributed by atoms with Gasteiger partial charge < -0.3 is 5.32 Å². The van der Waals surface area contributed by atoms with E-state index in [-0.39, 0.29) is 5.91 Å². The Bertz CT molecular complexity index is 1000. The predicted molar refractivity (Wildman–Crippen MR) is 118 cm³/mol. The van der Waals surface area contributed by atoms with Crippen LogP contribution in [0.15, 0.2) is 89.8 Å². The number of nitrogens with zero attached hydrogens (tertiary/aromatic N) is 1. The van der Waals surface area contributed by atoms with Crippen LogP contribution in [-0.2, 0) is 4.79 Å². The molecule has 132 valence electrons. The van der Waals surface area contributed by atoms with Crippen molar-refractivity contribution in [2.75, 3.05) is 10.2 Å². The molecule has 1 N–H and O–H groups in total. The van der Waals surface area contributed by atoms with Gasteiger partial charge in [0, 0.05) is 11.4 Å². The van der Waals surface area contributed by atoms with Crippen LogP contribution in [0.25, 0.3) is 6.08 Å². The lowest BCUT2D eigenvalue weighted by Crippen LogP contribution is -2.27. The van der Waals surface area contributed by atoms with Gasteiger partial charge in [0.05, 0.1) is 10.6 Å². The average Bonchev–Trinajstić information content (AvgIpc) is 2.97. The molecule has 4 rings (SSSR count). The first-order valence-electron chi connectivity index (χ1n) is 8.46. The minimum Gasteiger partial charge on any atom is -0.356 e. The molecule has 1 amide bonds. The maximum absolute atomic E-state index is 12.8. The summed E-state index contributed by atoms with van der Waals surface area (Å²) in [6, 6.07) is 27.4. The third kappa shape index (κ3) is 3.94. The molecule has 0 spiro atoms. The van der Waals surface area contributed by atoms with E-state index in [4.69, 9.17) is 12.2 Å². The second-order valence-corrected chi connectivity index (χ2v) is 7.64. The van der Waals surface area contributed by atoms with Gasteiger partial charge in [-0.1, -0.05) is 72.5 Å². The Morgan fingerprint density at radius 3 is 2.07 bits per heavy atom. The standard InChI is InChI=1S/C22H16N2OS2/c25-21-20(15-16-7-3-1-4-8-16)27-22(26)24(21)19-13-11-18(12-14-19)23-17-9-5-2-6-10-17/h1-15,23H/b20-15-. The van der Waals surface area contributed by atoms with Crippen LogP contribution in [0.5, 0.6) is 0 Å². The number of thiocarbonyl (C=S) groups is 1. The number of thioether (sulfide) groups is 1. The van der Waals surface area contributed by atoms with Crippen LogP contribution in [-0.4, -0.2) is 10.2 Å². The molecule has 0 aromatic heterocycles. The van der Waals surface area contributed by atoms with E-state index in [0.29, 0.717) is 9.23 Å². The van der Waals surface area contributed by atoms with Gasteiger partial charge in [0.2, 0.25) is 0 Å². The number of hydrogen-bond donors (Lipinski definition) is 1. The van der Waals surface area contributed by atoms with Gasteiger partial charge in [-0.25, -0.2) is 0 Å². The highest BCUT2D eigenvalue weighted by molar-refractivity contribution is 8.27. The lowest BCUT2D eigenvalue weighted by Gasteiger charge is -2.15. The smallest absolute Gasteiger partial charge is 0.270 e. The van der Waals surface area contributed by atoms with Crippen LogP contribution in [0.2, 0.25) is 0 Å². The highest BCUT2D eigenvalue weighted by atomic mass is 32.2. The van der Waals surface area contributed by atoms with Gasteiger partial charge in [-0.15, -0.1) is 0 Å². The summed E-state index contributed by atoms with van der Waals surface area (Å²) in [5.74, 6) is -0.0855. The van der Waals surface area contributed by atoms with Gasteiger partial charge in [0.15, 0.2) is 4.32 Å². The van der Waals surface area contributed by atoms with E-state index in [1.807, 2.05) is 91.0 Å². The molecular formula is C22H16N2OS2. The maximum Gasteiger partial charge on any atom is 0.270 e. The maximum atomic E-state index is 12.8. The van der Waals surface area contributed by atoms with Crippen molar-refractivity contribution in [2.45, 2.75) is 0 Å². The Morgan fingerprint density at radius 1 is 0.815 bits per heavy atom. The fraction of sp³-hybridized carbons (Fsp3) is 0. The molecule has 1 fully saturated rings. The summed E-state index contributed by atoms with van der Waals surface area (Å²) in [6.45, 7) is 0. The van der Waals surface area contributed by atoms with Crippen molar-refractivity contribution in [1.29, 1.82) is 0 Å². The van der Waals surface area contributed by atoms with Gasteiger partial charge >= 0.3 is 0 Å². The molecule has 1 heterocycles. The Balaban J connectivity index is 1.54.